The van der Waals surface area contributed by atoms with E-state index in [1.165, 1.54) is 6.92 Å². The quantitative estimate of drug-likeness (QED) is 0.674. The first-order valence-electron chi connectivity index (χ1n) is 3.39. The lowest BCUT2D eigenvalue weighted by Gasteiger charge is -2.04. The molecular weight excluding hydrogens is 140 g/mol. The number of hydrogen-bond acceptors (Lipinski definition) is 3. The first kappa shape index (κ1) is 7.88. The fourth-order valence-electron chi connectivity index (χ4n) is 0.768. The Morgan fingerprint density at radius 3 is 2.82 bits per heavy atom. The van der Waals surface area contributed by atoms with Gasteiger partial charge in [-0.15, -0.1) is 0 Å². The number of Topliss-reactive ketones (excluding diaryl/α,β-unsaturated/α-hetero) is 1. The van der Waals surface area contributed by atoms with Gasteiger partial charge in [0.05, 0.1) is 5.69 Å². The van der Waals surface area contributed by atoms with Crippen molar-refractivity contribution in [3.05, 3.63) is 30.1 Å². The molecule has 1 atom stereocenters. The summed E-state index contributed by atoms with van der Waals surface area (Å²) in [6.07, 6.45) is 1.62. The highest BCUT2D eigenvalue weighted by Crippen LogP contribution is 2.05. The molecule has 0 bridgehead atoms. The zero-order valence-electron chi connectivity index (χ0n) is 6.32. The molecule has 0 aliphatic heterocycles. The van der Waals surface area contributed by atoms with Gasteiger partial charge in [0.1, 0.15) is 6.04 Å². The molecule has 2 N–H and O–H groups in total. The monoisotopic (exact) mass is 150 g/mol. The Labute approximate surface area is 65.2 Å². The van der Waals surface area contributed by atoms with Crippen LogP contribution in [0.5, 0.6) is 0 Å². The molecule has 0 aliphatic rings. The van der Waals surface area contributed by atoms with Crippen LogP contribution in [0.1, 0.15) is 18.7 Å². The van der Waals surface area contributed by atoms with Gasteiger partial charge in [-0.05, 0) is 19.1 Å². The summed E-state index contributed by atoms with van der Waals surface area (Å²) in [6, 6.07) is 4.77. The second kappa shape index (κ2) is 3.25. The average molecular weight is 150 g/mol. The number of nitrogens with two attached hydrogens (primary N) is 1. The molecule has 0 unspecified atom stereocenters. The number of carbonyl (C=O) groups excluding carboxylic acids is 1. The van der Waals surface area contributed by atoms with Crippen molar-refractivity contribution in [2.45, 2.75) is 13.0 Å². The van der Waals surface area contributed by atoms with Gasteiger partial charge in [-0.2, -0.15) is 0 Å². The van der Waals surface area contributed by atoms with Crippen LogP contribution in [-0.4, -0.2) is 10.8 Å². The van der Waals surface area contributed by atoms with Gasteiger partial charge in [-0.1, -0.05) is 6.07 Å². The predicted octanol–water partition coefficient (Wildman–Crippen LogP) is 0.670. The third kappa shape index (κ3) is 1.85. The number of hydrogen-bond donors (Lipinski definition) is 1. The third-order valence-electron chi connectivity index (χ3n) is 1.44. The number of ketones is 1. The van der Waals surface area contributed by atoms with Gasteiger partial charge in [-0.3, -0.25) is 9.78 Å². The zero-order valence-corrected chi connectivity index (χ0v) is 6.32. The van der Waals surface area contributed by atoms with Gasteiger partial charge in [0.25, 0.3) is 0 Å². The number of rotatable bonds is 2. The van der Waals surface area contributed by atoms with Crippen molar-refractivity contribution in [2.75, 3.05) is 0 Å². The minimum atomic E-state index is -0.573. The first-order chi connectivity index (χ1) is 5.22. The number of pyridine rings is 1. The van der Waals surface area contributed by atoms with Crippen LogP contribution in [0.3, 0.4) is 0 Å². The number of nitrogens with zero attached hydrogens (tertiary/aromatic N) is 1. The van der Waals surface area contributed by atoms with Gasteiger partial charge in [0.2, 0.25) is 0 Å². The maximum Gasteiger partial charge on any atom is 0.152 e. The van der Waals surface area contributed by atoms with E-state index in [-0.39, 0.29) is 5.78 Å². The van der Waals surface area contributed by atoms with Crippen molar-refractivity contribution < 1.29 is 4.79 Å². The second-order valence-electron chi connectivity index (χ2n) is 2.34. The molecule has 0 aromatic carbocycles. The van der Waals surface area contributed by atoms with Crippen molar-refractivity contribution in [3.63, 3.8) is 0 Å². The Balaban J connectivity index is 2.85. The van der Waals surface area contributed by atoms with Crippen LogP contribution in [0.15, 0.2) is 24.4 Å². The Hall–Kier alpha value is -1.22. The normalized spacial score (nSPS) is 12.5. The highest BCUT2D eigenvalue weighted by molar-refractivity contribution is 5.82. The summed E-state index contributed by atoms with van der Waals surface area (Å²) in [4.78, 5) is 14.7. The van der Waals surface area contributed by atoms with Crippen LogP contribution in [0, 0.1) is 0 Å². The van der Waals surface area contributed by atoms with E-state index < -0.39 is 6.04 Å². The summed E-state index contributed by atoms with van der Waals surface area (Å²) >= 11 is 0. The summed E-state index contributed by atoms with van der Waals surface area (Å²) in [6.45, 7) is 1.46. The molecule has 0 amide bonds. The maximum atomic E-state index is 10.8. The molecule has 0 aliphatic carbocycles. The molecular formula is C8H10N2O. The van der Waals surface area contributed by atoms with E-state index in [2.05, 4.69) is 4.98 Å². The van der Waals surface area contributed by atoms with E-state index in [0.29, 0.717) is 5.69 Å². The highest BCUT2D eigenvalue weighted by atomic mass is 16.1. The Bertz CT molecular complexity index is 246. The fraction of sp³-hybridized carbons (Fsp3) is 0.250. The van der Waals surface area contributed by atoms with Crippen molar-refractivity contribution in [1.29, 1.82) is 0 Å². The predicted molar refractivity (Wildman–Crippen MR) is 41.8 cm³/mol. The van der Waals surface area contributed by atoms with Crippen molar-refractivity contribution in [1.82, 2.24) is 4.98 Å². The van der Waals surface area contributed by atoms with E-state index in [4.69, 9.17) is 5.73 Å². The van der Waals surface area contributed by atoms with Crippen LogP contribution in [-0.2, 0) is 4.79 Å². The van der Waals surface area contributed by atoms with Crippen molar-refractivity contribution >= 4 is 5.78 Å². The van der Waals surface area contributed by atoms with E-state index in [0.717, 1.165) is 0 Å². The SMILES string of the molecule is CC(=O)[C@@H](N)c1ccccn1. The Morgan fingerprint density at radius 2 is 2.36 bits per heavy atom. The molecule has 1 aromatic rings. The summed E-state index contributed by atoms with van der Waals surface area (Å²) in [7, 11) is 0. The van der Waals surface area contributed by atoms with Crippen LogP contribution >= 0.6 is 0 Å². The van der Waals surface area contributed by atoms with Crippen LogP contribution in [0.2, 0.25) is 0 Å². The molecule has 3 nitrogen and oxygen atoms in total. The van der Waals surface area contributed by atoms with Gasteiger partial charge >= 0.3 is 0 Å². The minimum Gasteiger partial charge on any atom is -0.317 e. The summed E-state index contributed by atoms with van der Waals surface area (Å²) in [5, 5.41) is 0. The van der Waals surface area contributed by atoms with Gasteiger partial charge in [0, 0.05) is 6.20 Å². The smallest absolute Gasteiger partial charge is 0.152 e. The third-order valence-corrected chi connectivity index (χ3v) is 1.44. The summed E-state index contributed by atoms with van der Waals surface area (Å²) in [5.74, 6) is -0.0660. The largest absolute Gasteiger partial charge is 0.317 e. The lowest BCUT2D eigenvalue weighted by Crippen LogP contribution is -2.19. The standard InChI is InChI=1S/C8H10N2O/c1-6(11)8(9)7-4-2-3-5-10-7/h2-5,8H,9H2,1H3/t8-/m1/s1. The average Bonchev–Trinajstić information content (AvgIpc) is 2.05. The van der Waals surface area contributed by atoms with E-state index in [1.54, 1.807) is 18.3 Å². The van der Waals surface area contributed by atoms with Crippen LogP contribution in [0.25, 0.3) is 0 Å². The molecule has 0 radical (unpaired) electrons. The van der Waals surface area contributed by atoms with Crippen LogP contribution < -0.4 is 5.73 Å². The second-order valence-corrected chi connectivity index (χ2v) is 2.34. The highest BCUT2D eigenvalue weighted by Gasteiger charge is 2.10. The van der Waals surface area contributed by atoms with E-state index in [9.17, 15) is 4.79 Å². The summed E-state index contributed by atoms with van der Waals surface area (Å²) in [5.41, 5.74) is 6.15. The zero-order chi connectivity index (χ0) is 8.27. The lowest BCUT2D eigenvalue weighted by atomic mass is 10.1. The fourth-order valence-corrected chi connectivity index (χ4v) is 0.768. The lowest BCUT2D eigenvalue weighted by molar-refractivity contribution is -0.118. The number of aromatic nitrogens is 1. The molecule has 0 saturated heterocycles. The van der Waals surface area contributed by atoms with Gasteiger partial charge in [0.15, 0.2) is 5.78 Å². The molecule has 1 rings (SSSR count). The summed E-state index contributed by atoms with van der Waals surface area (Å²) < 4.78 is 0. The topological polar surface area (TPSA) is 56.0 Å². The van der Waals surface area contributed by atoms with Crippen LogP contribution in [0.4, 0.5) is 0 Å². The van der Waals surface area contributed by atoms with E-state index in [1.807, 2.05) is 6.07 Å². The molecule has 3 heteroatoms. The van der Waals surface area contributed by atoms with Gasteiger partial charge in [-0.25, -0.2) is 0 Å². The first-order valence-corrected chi connectivity index (χ1v) is 3.39. The van der Waals surface area contributed by atoms with Gasteiger partial charge < -0.3 is 5.73 Å². The van der Waals surface area contributed by atoms with Crippen molar-refractivity contribution in [2.24, 2.45) is 5.73 Å². The molecule has 58 valence electrons. The van der Waals surface area contributed by atoms with Crippen molar-refractivity contribution in [3.8, 4) is 0 Å². The molecule has 1 heterocycles. The molecule has 0 fully saturated rings. The molecule has 11 heavy (non-hydrogen) atoms. The minimum absolute atomic E-state index is 0.0660. The molecule has 0 saturated carbocycles. The van der Waals surface area contributed by atoms with E-state index >= 15 is 0 Å². The number of carbonyl (C=O) groups is 1. The maximum absolute atomic E-state index is 10.8. The molecule has 0 spiro atoms. The Morgan fingerprint density at radius 1 is 1.64 bits per heavy atom. The molecule has 1 aromatic heterocycles. The Kier molecular flexibility index (Phi) is 2.33.